The number of rotatable bonds is 5. The van der Waals surface area contributed by atoms with Crippen LogP contribution in [0.2, 0.25) is 0 Å². The molecule has 5 nitrogen and oxygen atoms in total. The van der Waals surface area contributed by atoms with E-state index in [0.29, 0.717) is 13.1 Å². The van der Waals surface area contributed by atoms with Gasteiger partial charge in [0.2, 0.25) is 0 Å². The number of nitrogens with zero attached hydrogens (tertiary/aromatic N) is 2. The van der Waals surface area contributed by atoms with Crippen LogP contribution < -0.4 is 4.90 Å². The summed E-state index contributed by atoms with van der Waals surface area (Å²) < 4.78 is 0. The number of hydrogen-bond acceptors (Lipinski definition) is 5. The molecule has 27 heavy (non-hydrogen) atoms. The molecule has 0 bridgehead atoms. The van der Waals surface area contributed by atoms with Crippen molar-refractivity contribution in [2.45, 2.75) is 29.8 Å². The minimum Gasteiger partial charge on any atom is -0.392 e. The van der Waals surface area contributed by atoms with Crippen LogP contribution in [0.1, 0.15) is 21.9 Å². The number of benzene rings is 2. The van der Waals surface area contributed by atoms with Crippen molar-refractivity contribution >= 4 is 23.4 Å². The van der Waals surface area contributed by atoms with E-state index in [2.05, 4.69) is 0 Å². The van der Waals surface area contributed by atoms with Crippen LogP contribution in [0.5, 0.6) is 0 Å². The highest BCUT2D eigenvalue weighted by atomic mass is 32.2. The van der Waals surface area contributed by atoms with Crippen molar-refractivity contribution in [3.8, 4) is 0 Å². The Labute approximate surface area is 164 Å². The number of aliphatic hydroxyl groups excluding tert-OH is 2. The number of aryl methyl sites for hydroxylation is 1. The summed E-state index contributed by atoms with van der Waals surface area (Å²) in [5, 5.41) is 20.0. The fourth-order valence-electron chi connectivity index (χ4n) is 3.12. The minimum absolute atomic E-state index is 0.0583. The number of carbonyl (C=O) groups excluding carboxylic acids is 1. The SMILES string of the molecule is Cc1ccc([C@@H]2Sc3cc(CO)ccc3N(CCN(C)C)C(=O)[C@@H]2O)cc1. The van der Waals surface area contributed by atoms with Gasteiger partial charge in [0.05, 0.1) is 17.5 Å². The van der Waals surface area contributed by atoms with E-state index in [1.807, 2.05) is 68.4 Å². The van der Waals surface area contributed by atoms with E-state index in [4.69, 9.17) is 0 Å². The van der Waals surface area contributed by atoms with Gasteiger partial charge in [-0.15, -0.1) is 11.8 Å². The van der Waals surface area contributed by atoms with Crippen molar-refractivity contribution in [2.75, 3.05) is 32.1 Å². The van der Waals surface area contributed by atoms with Crippen LogP contribution in [0.25, 0.3) is 0 Å². The molecule has 0 aromatic heterocycles. The lowest BCUT2D eigenvalue weighted by Gasteiger charge is -2.26. The molecular weight excluding hydrogens is 360 g/mol. The molecule has 1 amide bonds. The summed E-state index contributed by atoms with van der Waals surface area (Å²) in [5.74, 6) is -0.287. The predicted octanol–water partition coefficient (Wildman–Crippen LogP) is 2.59. The zero-order chi connectivity index (χ0) is 19.6. The highest BCUT2D eigenvalue weighted by molar-refractivity contribution is 7.99. The van der Waals surface area contributed by atoms with Gasteiger partial charge in [0.25, 0.3) is 5.91 Å². The molecule has 0 unspecified atom stereocenters. The van der Waals surface area contributed by atoms with Crippen molar-refractivity contribution in [1.82, 2.24) is 4.90 Å². The summed E-state index contributed by atoms with van der Waals surface area (Å²) in [6.07, 6.45) is -1.13. The molecule has 0 saturated heterocycles. The van der Waals surface area contributed by atoms with Gasteiger partial charge in [-0.3, -0.25) is 4.79 Å². The molecule has 144 valence electrons. The Bertz CT molecular complexity index is 808. The molecule has 2 aromatic rings. The van der Waals surface area contributed by atoms with Crippen molar-refractivity contribution in [1.29, 1.82) is 0 Å². The monoisotopic (exact) mass is 386 g/mol. The predicted molar refractivity (Wildman–Crippen MR) is 109 cm³/mol. The summed E-state index contributed by atoms with van der Waals surface area (Å²) in [4.78, 5) is 17.7. The molecule has 0 fully saturated rings. The van der Waals surface area contributed by atoms with E-state index in [1.54, 1.807) is 4.90 Å². The lowest BCUT2D eigenvalue weighted by atomic mass is 10.0. The average molecular weight is 387 g/mol. The van der Waals surface area contributed by atoms with Crippen molar-refractivity contribution in [3.05, 3.63) is 59.2 Å². The van der Waals surface area contributed by atoms with Gasteiger partial charge in [-0.1, -0.05) is 35.9 Å². The molecule has 0 radical (unpaired) electrons. The van der Waals surface area contributed by atoms with E-state index in [0.717, 1.165) is 27.3 Å². The molecule has 0 aliphatic carbocycles. The Kier molecular flexibility index (Phi) is 6.22. The molecule has 2 N–H and O–H groups in total. The number of thioether (sulfide) groups is 1. The first-order valence-electron chi connectivity index (χ1n) is 9.02. The Morgan fingerprint density at radius 2 is 1.85 bits per heavy atom. The van der Waals surface area contributed by atoms with E-state index >= 15 is 0 Å². The quantitative estimate of drug-likeness (QED) is 0.827. The van der Waals surface area contributed by atoms with Crippen LogP contribution in [-0.2, 0) is 11.4 Å². The number of carbonyl (C=O) groups is 1. The van der Waals surface area contributed by atoms with E-state index in [1.165, 1.54) is 11.8 Å². The molecule has 0 spiro atoms. The molecule has 2 atom stereocenters. The maximum absolute atomic E-state index is 13.1. The largest absolute Gasteiger partial charge is 0.392 e. The Morgan fingerprint density at radius 1 is 1.15 bits per heavy atom. The molecule has 2 aromatic carbocycles. The average Bonchev–Trinajstić information content (AvgIpc) is 2.76. The first-order valence-corrected chi connectivity index (χ1v) is 9.90. The van der Waals surface area contributed by atoms with Crippen LogP contribution in [0, 0.1) is 6.92 Å². The number of aliphatic hydroxyl groups is 2. The summed E-state index contributed by atoms with van der Waals surface area (Å²) in [6, 6.07) is 13.5. The first-order chi connectivity index (χ1) is 12.9. The maximum Gasteiger partial charge on any atom is 0.257 e. The Morgan fingerprint density at radius 3 is 2.48 bits per heavy atom. The fourth-order valence-corrected chi connectivity index (χ4v) is 4.45. The third-order valence-electron chi connectivity index (χ3n) is 4.73. The smallest absolute Gasteiger partial charge is 0.257 e. The number of likely N-dealkylation sites (N-methyl/N-ethyl adjacent to an activating group) is 1. The second-order valence-electron chi connectivity index (χ2n) is 7.15. The van der Waals surface area contributed by atoms with Gasteiger partial charge in [0.1, 0.15) is 6.10 Å². The van der Waals surface area contributed by atoms with Gasteiger partial charge < -0.3 is 20.0 Å². The lowest BCUT2D eigenvalue weighted by molar-refractivity contribution is -0.126. The topological polar surface area (TPSA) is 64.0 Å². The Hall–Kier alpha value is -1.86. The third kappa shape index (κ3) is 4.35. The summed E-state index contributed by atoms with van der Waals surface area (Å²) >= 11 is 1.48. The van der Waals surface area contributed by atoms with Crippen LogP contribution in [0.15, 0.2) is 47.4 Å². The standard InChI is InChI=1S/C21H26N2O3S/c1-14-4-7-16(8-5-14)20-19(25)21(26)23(11-10-22(2)3)17-9-6-15(13-24)12-18(17)27-20/h4-9,12,19-20,24-25H,10-11,13H2,1-3H3/t19-,20+/m1/s1. The summed E-state index contributed by atoms with van der Waals surface area (Å²) in [5.41, 5.74) is 3.63. The number of anilines is 1. The second-order valence-corrected chi connectivity index (χ2v) is 8.33. The highest BCUT2D eigenvalue weighted by Gasteiger charge is 2.37. The number of hydrogen-bond donors (Lipinski definition) is 2. The van der Waals surface area contributed by atoms with E-state index in [-0.39, 0.29) is 12.5 Å². The number of fused-ring (bicyclic) bond motifs is 1. The minimum atomic E-state index is -1.13. The molecule has 1 aliphatic heterocycles. The molecule has 1 aliphatic rings. The fraction of sp³-hybridized carbons (Fsp3) is 0.381. The molecule has 3 rings (SSSR count). The lowest BCUT2D eigenvalue weighted by Crippen LogP contribution is -2.43. The Balaban J connectivity index is 2.04. The molecular formula is C21H26N2O3S. The number of amides is 1. The normalized spacial score (nSPS) is 19.9. The van der Waals surface area contributed by atoms with Gasteiger partial charge in [-0.25, -0.2) is 0 Å². The van der Waals surface area contributed by atoms with Crippen molar-refractivity contribution < 1.29 is 15.0 Å². The van der Waals surface area contributed by atoms with Gasteiger partial charge in [-0.2, -0.15) is 0 Å². The first kappa shape index (κ1) is 19.9. The zero-order valence-corrected chi connectivity index (χ0v) is 16.7. The van der Waals surface area contributed by atoms with Gasteiger partial charge >= 0.3 is 0 Å². The van der Waals surface area contributed by atoms with Gasteiger partial charge in [-0.05, 0) is 44.3 Å². The van der Waals surface area contributed by atoms with Crippen LogP contribution in [0.3, 0.4) is 0 Å². The highest BCUT2D eigenvalue weighted by Crippen LogP contribution is 2.46. The van der Waals surface area contributed by atoms with Crippen LogP contribution >= 0.6 is 11.8 Å². The molecule has 6 heteroatoms. The van der Waals surface area contributed by atoms with E-state index < -0.39 is 11.4 Å². The maximum atomic E-state index is 13.1. The summed E-state index contributed by atoms with van der Waals surface area (Å²) in [7, 11) is 3.91. The van der Waals surface area contributed by atoms with Gasteiger partial charge in [0.15, 0.2) is 0 Å². The van der Waals surface area contributed by atoms with Crippen molar-refractivity contribution in [2.24, 2.45) is 0 Å². The van der Waals surface area contributed by atoms with Crippen LogP contribution in [0.4, 0.5) is 5.69 Å². The summed E-state index contributed by atoms with van der Waals surface area (Å²) in [6.45, 7) is 3.14. The molecule has 1 heterocycles. The third-order valence-corrected chi connectivity index (χ3v) is 6.10. The van der Waals surface area contributed by atoms with Gasteiger partial charge in [0, 0.05) is 18.0 Å². The van der Waals surface area contributed by atoms with E-state index in [9.17, 15) is 15.0 Å². The van der Waals surface area contributed by atoms with Crippen LogP contribution in [-0.4, -0.2) is 54.3 Å². The molecule has 0 saturated carbocycles. The second kappa shape index (κ2) is 8.44. The van der Waals surface area contributed by atoms with Crippen molar-refractivity contribution in [3.63, 3.8) is 0 Å². The zero-order valence-electron chi connectivity index (χ0n) is 15.9.